The van der Waals surface area contributed by atoms with Crippen molar-refractivity contribution in [2.75, 3.05) is 11.9 Å². The van der Waals surface area contributed by atoms with Crippen molar-refractivity contribution in [3.05, 3.63) is 40.6 Å². The fraction of sp³-hybridized carbons (Fsp3) is 0.500. The van der Waals surface area contributed by atoms with E-state index in [9.17, 15) is 18.4 Å². The van der Waals surface area contributed by atoms with Crippen LogP contribution in [0.3, 0.4) is 0 Å². The van der Waals surface area contributed by atoms with Crippen LogP contribution in [-0.2, 0) is 32.0 Å². The van der Waals surface area contributed by atoms with Gasteiger partial charge in [-0.2, -0.15) is 18.4 Å². The number of halogens is 3. The molecule has 0 saturated heterocycles. The van der Waals surface area contributed by atoms with Gasteiger partial charge in [-0.15, -0.1) is 0 Å². The number of imidazole rings is 1. The molecule has 0 spiro atoms. The number of nitrogens with one attached hydrogen (secondary N) is 1. The predicted octanol–water partition coefficient (Wildman–Crippen LogP) is 3.33. The van der Waals surface area contributed by atoms with Crippen LogP contribution >= 0.6 is 0 Å². The molecule has 8 heteroatoms. The highest BCUT2D eigenvalue weighted by molar-refractivity contribution is 5.55. The second-order valence-corrected chi connectivity index (χ2v) is 6.93. The summed E-state index contributed by atoms with van der Waals surface area (Å²) in [6.07, 6.45) is 0.913. The maximum atomic E-state index is 12.8. The number of pyridine rings is 1. The van der Waals surface area contributed by atoms with Gasteiger partial charge in [0.2, 0.25) is 0 Å². The monoisotopic (exact) mass is 361 g/mol. The third kappa shape index (κ3) is 3.14. The van der Waals surface area contributed by atoms with Crippen LogP contribution in [-0.4, -0.2) is 21.1 Å². The summed E-state index contributed by atoms with van der Waals surface area (Å²) in [6.45, 7) is 1.05. The van der Waals surface area contributed by atoms with Gasteiger partial charge in [-0.3, -0.25) is 0 Å². The molecule has 0 saturated carbocycles. The van der Waals surface area contributed by atoms with Gasteiger partial charge in [-0.05, 0) is 43.2 Å². The zero-order valence-corrected chi connectivity index (χ0v) is 14.1. The van der Waals surface area contributed by atoms with E-state index in [1.54, 1.807) is 4.57 Å². The largest absolute Gasteiger partial charge is 0.434 e. The number of anilines is 1. The number of nitriles is 1. The normalized spacial score (nSPS) is 18.9. The lowest BCUT2D eigenvalue weighted by molar-refractivity contribution is -0.141. The van der Waals surface area contributed by atoms with Gasteiger partial charge in [0.15, 0.2) is 5.69 Å². The molecule has 2 aromatic heterocycles. The lowest BCUT2D eigenvalue weighted by atomic mass is 9.99. The second-order valence-electron chi connectivity index (χ2n) is 6.93. The minimum absolute atomic E-state index is 0.166. The number of alkyl halides is 3. The highest BCUT2D eigenvalue weighted by atomic mass is 19.4. The van der Waals surface area contributed by atoms with Crippen LogP contribution in [0.2, 0.25) is 0 Å². The Bertz CT molecular complexity index is 878. The minimum atomic E-state index is -4.41. The summed E-state index contributed by atoms with van der Waals surface area (Å²) in [5, 5.41) is 12.6. The number of nitrogens with zero attached hydrogens (tertiary/aromatic N) is 4. The van der Waals surface area contributed by atoms with Crippen molar-refractivity contribution in [3.8, 4) is 6.07 Å². The molecule has 1 aliphatic heterocycles. The summed E-state index contributed by atoms with van der Waals surface area (Å²) in [5.41, 5.74) is 1.90. The van der Waals surface area contributed by atoms with Gasteiger partial charge >= 0.3 is 6.18 Å². The summed E-state index contributed by atoms with van der Waals surface area (Å²) >= 11 is 0. The van der Waals surface area contributed by atoms with Crippen molar-refractivity contribution in [1.82, 2.24) is 14.5 Å². The summed E-state index contributed by atoms with van der Waals surface area (Å²) in [4.78, 5) is 8.29. The first-order valence-electron chi connectivity index (χ1n) is 8.74. The van der Waals surface area contributed by atoms with E-state index in [0.717, 1.165) is 43.1 Å². The third-order valence-electron chi connectivity index (χ3n) is 5.11. The molecule has 1 atom stereocenters. The average molecular weight is 361 g/mol. The van der Waals surface area contributed by atoms with Crippen molar-refractivity contribution >= 4 is 5.82 Å². The van der Waals surface area contributed by atoms with Crippen molar-refractivity contribution in [2.45, 2.75) is 44.8 Å². The molecule has 1 unspecified atom stereocenters. The van der Waals surface area contributed by atoms with Crippen LogP contribution in [0.1, 0.15) is 41.2 Å². The molecule has 3 heterocycles. The first kappa shape index (κ1) is 16.9. The molecule has 0 amide bonds. The molecule has 1 aliphatic carbocycles. The predicted molar refractivity (Wildman–Crippen MR) is 88.5 cm³/mol. The average Bonchev–Trinajstić information content (AvgIpc) is 3.24. The molecule has 2 aliphatic rings. The van der Waals surface area contributed by atoms with Crippen LogP contribution in [0.5, 0.6) is 0 Å². The van der Waals surface area contributed by atoms with Crippen LogP contribution in [0.25, 0.3) is 0 Å². The minimum Gasteiger partial charge on any atom is -0.369 e. The maximum Gasteiger partial charge on any atom is 0.434 e. The number of hydrogen-bond acceptors (Lipinski definition) is 4. The molecular formula is C18H18F3N5. The zero-order valence-electron chi connectivity index (χ0n) is 14.1. The Balaban J connectivity index is 1.45. The molecule has 0 radical (unpaired) electrons. The topological polar surface area (TPSA) is 66.5 Å². The SMILES string of the molecule is N#Cc1cc2c(nc1NCC1CCc3nc(C(F)(F)F)cn3C1)CCC2. The summed E-state index contributed by atoms with van der Waals surface area (Å²) in [6, 6.07) is 4.09. The Morgan fingerprint density at radius 2 is 2.12 bits per heavy atom. The molecule has 1 N–H and O–H groups in total. The fourth-order valence-electron chi connectivity index (χ4n) is 3.75. The van der Waals surface area contributed by atoms with E-state index >= 15 is 0 Å². The van der Waals surface area contributed by atoms with Gasteiger partial charge in [0.1, 0.15) is 17.7 Å². The van der Waals surface area contributed by atoms with Crippen molar-refractivity contribution < 1.29 is 13.2 Å². The number of rotatable bonds is 3. The highest BCUT2D eigenvalue weighted by Crippen LogP contribution is 2.31. The smallest absolute Gasteiger partial charge is 0.369 e. The molecule has 5 nitrogen and oxygen atoms in total. The van der Waals surface area contributed by atoms with E-state index in [4.69, 9.17) is 0 Å². The number of aromatic nitrogens is 3. The Morgan fingerprint density at radius 3 is 2.88 bits per heavy atom. The van der Waals surface area contributed by atoms with E-state index in [1.807, 2.05) is 6.07 Å². The van der Waals surface area contributed by atoms with E-state index in [0.29, 0.717) is 36.7 Å². The Morgan fingerprint density at radius 1 is 1.27 bits per heavy atom. The molecule has 4 rings (SSSR count). The Kier molecular flexibility index (Phi) is 4.10. The van der Waals surface area contributed by atoms with E-state index in [1.165, 1.54) is 0 Å². The molecule has 2 aromatic rings. The van der Waals surface area contributed by atoms with E-state index in [2.05, 4.69) is 21.4 Å². The Labute approximate surface area is 148 Å². The second kappa shape index (κ2) is 6.31. The molecule has 0 bridgehead atoms. The lowest BCUT2D eigenvalue weighted by Crippen LogP contribution is -2.26. The molecular weight excluding hydrogens is 343 g/mol. The molecule has 26 heavy (non-hydrogen) atoms. The first-order chi connectivity index (χ1) is 12.4. The molecule has 0 fully saturated rings. The van der Waals surface area contributed by atoms with E-state index in [-0.39, 0.29) is 5.92 Å². The number of hydrogen-bond donors (Lipinski definition) is 1. The van der Waals surface area contributed by atoms with Crippen LogP contribution < -0.4 is 5.32 Å². The first-order valence-corrected chi connectivity index (χ1v) is 8.74. The van der Waals surface area contributed by atoms with Gasteiger partial charge in [0, 0.05) is 31.4 Å². The quantitative estimate of drug-likeness (QED) is 0.911. The van der Waals surface area contributed by atoms with Crippen LogP contribution in [0, 0.1) is 17.2 Å². The standard InChI is InChI=1S/C18H18F3N5/c19-18(20,21)15-10-26-9-11(4-5-16(26)25-15)8-23-17-13(7-22)6-12-2-1-3-14(12)24-17/h6,10-11H,1-5,8-9H2,(H,23,24). The van der Waals surface area contributed by atoms with Gasteiger partial charge in [-0.25, -0.2) is 9.97 Å². The zero-order chi connectivity index (χ0) is 18.3. The summed E-state index contributed by atoms with van der Waals surface area (Å²) in [5.74, 6) is 1.24. The van der Waals surface area contributed by atoms with Crippen molar-refractivity contribution in [2.24, 2.45) is 5.92 Å². The number of aryl methyl sites for hydroxylation is 3. The highest BCUT2D eigenvalue weighted by Gasteiger charge is 2.35. The van der Waals surface area contributed by atoms with Crippen LogP contribution in [0.15, 0.2) is 12.3 Å². The third-order valence-corrected chi connectivity index (χ3v) is 5.11. The molecule has 0 aromatic carbocycles. The van der Waals surface area contributed by atoms with Gasteiger partial charge in [0.05, 0.1) is 5.56 Å². The van der Waals surface area contributed by atoms with Gasteiger partial charge in [-0.1, -0.05) is 0 Å². The summed E-state index contributed by atoms with van der Waals surface area (Å²) < 4.78 is 40.0. The van der Waals surface area contributed by atoms with Crippen molar-refractivity contribution in [1.29, 1.82) is 5.26 Å². The van der Waals surface area contributed by atoms with Crippen molar-refractivity contribution in [3.63, 3.8) is 0 Å². The van der Waals surface area contributed by atoms with Gasteiger partial charge in [0.25, 0.3) is 0 Å². The van der Waals surface area contributed by atoms with E-state index < -0.39 is 11.9 Å². The van der Waals surface area contributed by atoms with Gasteiger partial charge < -0.3 is 9.88 Å². The summed E-state index contributed by atoms with van der Waals surface area (Å²) in [7, 11) is 0. The fourth-order valence-corrected chi connectivity index (χ4v) is 3.75. The Hall–Kier alpha value is -2.56. The number of fused-ring (bicyclic) bond motifs is 2. The van der Waals surface area contributed by atoms with Crippen LogP contribution in [0.4, 0.5) is 19.0 Å². The lowest BCUT2D eigenvalue weighted by Gasteiger charge is -2.24. The molecule has 136 valence electrons. The maximum absolute atomic E-state index is 12.8.